The molecule has 30 heavy (non-hydrogen) atoms. The smallest absolute Gasteiger partial charge is 0.245 e. The molecule has 0 unspecified atom stereocenters. The van der Waals surface area contributed by atoms with Gasteiger partial charge < -0.3 is 10.2 Å². The molecule has 8 nitrogen and oxygen atoms in total. The van der Waals surface area contributed by atoms with Gasteiger partial charge in [0.1, 0.15) is 5.69 Å². The van der Waals surface area contributed by atoms with Crippen molar-refractivity contribution in [2.75, 3.05) is 18.0 Å². The monoisotopic (exact) mass is 418 g/mol. The lowest BCUT2D eigenvalue weighted by Crippen LogP contribution is -2.56. The van der Waals surface area contributed by atoms with E-state index in [0.29, 0.717) is 18.0 Å². The summed E-state index contributed by atoms with van der Waals surface area (Å²) in [6.07, 6.45) is 8.19. The van der Waals surface area contributed by atoms with Gasteiger partial charge in [0, 0.05) is 48.1 Å². The van der Waals surface area contributed by atoms with E-state index in [-0.39, 0.29) is 0 Å². The number of hydrogen-bond acceptors (Lipinski definition) is 8. The second-order valence-corrected chi connectivity index (χ2v) is 9.09. The zero-order valence-corrected chi connectivity index (χ0v) is 17.4. The van der Waals surface area contributed by atoms with Crippen LogP contribution in [-0.2, 0) is 0 Å². The topological polar surface area (TPSA) is 95.5 Å². The summed E-state index contributed by atoms with van der Waals surface area (Å²) in [4.78, 5) is 11.5. The maximum Gasteiger partial charge on any atom is 0.245 e. The van der Waals surface area contributed by atoms with E-state index in [1.54, 1.807) is 11.3 Å². The average Bonchev–Trinajstić information content (AvgIpc) is 3.26. The van der Waals surface area contributed by atoms with Crippen LogP contribution in [0.15, 0.2) is 36.2 Å². The lowest BCUT2D eigenvalue weighted by molar-refractivity contribution is 0.355. The van der Waals surface area contributed by atoms with Gasteiger partial charge in [0.25, 0.3) is 0 Å². The summed E-state index contributed by atoms with van der Waals surface area (Å²) in [5.74, 6) is 1.52. The van der Waals surface area contributed by atoms with E-state index in [4.69, 9.17) is 0 Å². The van der Waals surface area contributed by atoms with E-state index in [1.165, 1.54) is 12.8 Å². The van der Waals surface area contributed by atoms with Gasteiger partial charge in [0.2, 0.25) is 5.95 Å². The van der Waals surface area contributed by atoms with Crippen molar-refractivity contribution < 1.29 is 0 Å². The highest BCUT2D eigenvalue weighted by Gasteiger charge is 2.36. The maximum absolute atomic E-state index is 4.68. The number of anilines is 1. The SMILES string of the molecule is C[C@@H]1CN(c2ncc(-c3ccc(-c4cn[nH]c4)c4ncsc34)nn2)C[C@H](C2CC2)N1. The number of benzene rings is 1. The molecule has 0 radical (unpaired) electrons. The molecular weight excluding hydrogens is 396 g/mol. The number of nitrogens with zero attached hydrogens (tertiary/aromatic N) is 6. The van der Waals surface area contributed by atoms with Gasteiger partial charge in [0.15, 0.2) is 0 Å². The fourth-order valence-corrected chi connectivity index (χ4v) is 5.22. The van der Waals surface area contributed by atoms with E-state index in [1.807, 2.05) is 24.1 Å². The van der Waals surface area contributed by atoms with Crippen LogP contribution in [0.1, 0.15) is 19.8 Å². The van der Waals surface area contributed by atoms with E-state index < -0.39 is 0 Å². The van der Waals surface area contributed by atoms with Crippen molar-refractivity contribution in [2.45, 2.75) is 31.8 Å². The highest BCUT2D eigenvalue weighted by Crippen LogP contribution is 2.37. The Morgan fingerprint density at radius 1 is 1.07 bits per heavy atom. The van der Waals surface area contributed by atoms with Gasteiger partial charge >= 0.3 is 0 Å². The molecule has 1 aliphatic heterocycles. The molecule has 0 bridgehead atoms. The first-order valence-electron chi connectivity index (χ1n) is 10.3. The number of rotatable bonds is 4. The van der Waals surface area contributed by atoms with Crippen LogP contribution in [-0.4, -0.2) is 55.5 Å². The van der Waals surface area contributed by atoms with Gasteiger partial charge in [-0.15, -0.1) is 21.5 Å². The second kappa shape index (κ2) is 7.10. The molecule has 1 saturated carbocycles. The summed E-state index contributed by atoms with van der Waals surface area (Å²) in [5.41, 5.74) is 6.68. The molecule has 2 aliphatic rings. The van der Waals surface area contributed by atoms with E-state index in [9.17, 15) is 0 Å². The zero-order chi connectivity index (χ0) is 20.1. The minimum absolute atomic E-state index is 0.430. The third kappa shape index (κ3) is 3.14. The molecule has 1 aliphatic carbocycles. The highest BCUT2D eigenvalue weighted by atomic mass is 32.1. The fourth-order valence-electron chi connectivity index (χ4n) is 4.38. The third-order valence-corrected chi connectivity index (χ3v) is 6.86. The number of fused-ring (bicyclic) bond motifs is 1. The minimum atomic E-state index is 0.430. The molecule has 3 aromatic heterocycles. The predicted molar refractivity (Wildman–Crippen MR) is 117 cm³/mol. The molecule has 2 fully saturated rings. The summed E-state index contributed by atoms with van der Waals surface area (Å²) in [5, 5.41) is 19.7. The first kappa shape index (κ1) is 17.9. The summed E-state index contributed by atoms with van der Waals surface area (Å²) in [7, 11) is 0. The summed E-state index contributed by atoms with van der Waals surface area (Å²) in [6, 6.07) is 5.10. The molecular formula is C21H22N8S. The van der Waals surface area contributed by atoms with Crippen LogP contribution in [0.3, 0.4) is 0 Å². The van der Waals surface area contributed by atoms with Crippen molar-refractivity contribution in [1.29, 1.82) is 0 Å². The van der Waals surface area contributed by atoms with Crippen molar-refractivity contribution in [3.8, 4) is 22.4 Å². The first-order chi connectivity index (χ1) is 14.8. The number of thiazole rings is 1. The number of aromatic amines is 1. The lowest BCUT2D eigenvalue weighted by Gasteiger charge is -2.37. The van der Waals surface area contributed by atoms with Crippen LogP contribution in [0.2, 0.25) is 0 Å². The minimum Gasteiger partial charge on any atom is -0.336 e. The van der Waals surface area contributed by atoms with E-state index in [2.05, 4.69) is 59.6 Å². The zero-order valence-electron chi connectivity index (χ0n) is 16.6. The Balaban J connectivity index is 1.31. The van der Waals surface area contributed by atoms with E-state index in [0.717, 1.165) is 51.6 Å². The molecule has 4 aromatic rings. The first-order valence-corrected chi connectivity index (χ1v) is 11.2. The molecule has 4 heterocycles. The Morgan fingerprint density at radius 3 is 2.73 bits per heavy atom. The summed E-state index contributed by atoms with van der Waals surface area (Å²) >= 11 is 1.61. The van der Waals surface area contributed by atoms with Gasteiger partial charge in [-0.3, -0.25) is 5.10 Å². The van der Waals surface area contributed by atoms with Crippen LogP contribution < -0.4 is 10.2 Å². The van der Waals surface area contributed by atoms with Crippen molar-refractivity contribution in [1.82, 2.24) is 35.7 Å². The molecule has 9 heteroatoms. The quantitative estimate of drug-likeness (QED) is 0.526. The Hall–Kier alpha value is -2.91. The van der Waals surface area contributed by atoms with Crippen molar-refractivity contribution in [3.63, 3.8) is 0 Å². The van der Waals surface area contributed by atoms with E-state index >= 15 is 0 Å². The highest BCUT2D eigenvalue weighted by molar-refractivity contribution is 7.17. The second-order valence-electron chi connectivity index (χ2n) is 8.24. The van der Waals surface area contributed by atoms with Crippen LogP contribution in [0.5, 0.6) is 0 Å². The predicted octanol–water partition coefficient (Wildman–Crippen LogP) is 3.12. The average molecular weight is 419 g/mol. The molecule has 0 amide bonds. The molecule has 6 rings (SSSR count). The molecule has 2 N–H and O–H groups in total. The Kier molecular flexibility index (Phi) is 4.24. The number of piperazine rings is 1. The molecule has 1 saturated heterocycles. The number of nitrogens with one attached hydrogen (secondary N) is 2. The van der Waals surface area contributed by atoms with Gasteiger partial charge in [0.05, 0.1) is 28.1 Å². The molecule has 152 valence electrons. The normalized spacial score (nSPS) is 22.0. The number of hydrogen-bond donors (Lipinski definition) is 2. The Labute approximate surface area is 177 Å². The van der Waals surface area contributed by atoms with Crippen molar-refractivity contribution in [2.24, 2.45) is 5.92 Å². The fraction of sp³-hybridized carbons (Fsp3) is 0.381. The van der Waals surface area contributed by atoms with Gasteiger partial charge in [-0.1, -0.05) is 12.1 Å². The van der Waals surface area contributed by atoms with Crippen LogP contribution in [0.4, 0.5) is 5.95 Å². The Morgan fingerprint density at radius 2 is 1.97 bits per heavy atom. The van der Waals surface area contributed by atoms with Crippen molar-refractivity contribution >= 4 is 27.5 Å². The number of aromatic nitrogens is 6. The van der Waals surface area contributed by atoms with Crippen LogP contribution >= 0.6 is 11.3 Å². The standard InChI is InChI=1S/C21H22N8S/c1-12-9-29(10-18(26-12)13-2-3-13)21-22-8-17(27-28-21)16-5-4-15(14-6-24-25-7-14)19-20(16)30-11-23-19/h4-8,11-13,18,26H,2-3,9-10H2,1H3,(H,24,25)/t12-,18-/m1/s1. The van der Waals surface area contributed by atoms with Crippen molar-refractivity contribution in [3.05, 3.63) is 36.2 Å². The van der Waals surface area contributed by atoms with Gasteiger partial charge in [-0.2, -0.15) is 5.10 Å². The maximum atomic E-state index is 4.68. The summed E-state index contributed by atoms with van der Waals surface area (Å²) < 4.78 is 1.09. The number of H-pyrrole nitrogens is 1. The van der Waals surface area contributed by atoms with Crippen LogP contribution in [0, 0.1) is 5.92 Å². The Bertz CT molecular complexity index is 1170. The largest absolute Gasteiger partial charge is 0.336 e. The van der Waals surface area contributed by atoms with Gasteiger partial charge in [-0.05, 0) is 25.7 Å². The molecule has 2 atom stereocenters. The van der Waals surface area contributed by atoms with Crippen LogP contribution in [0.25, 0.3) is 32.6 Å². The van der Waals surface area contributed by atoms with Gasteiger partial charge in [-0.25, -0.2) is 9.97 Å². The molecule has 1 aromatic carbocycles. The lowest BCUT2D eigenvalue weighted by atomic mass is 10.0. The summed E-state index contributed by atoms with van der Waals surface area (Å²) in [6.45, 7) is 4.09. The molecule has 0 spiro atoms. The third-order valence-electron chi connectivity index (χ3n) is 6.00.